The summed E-state index contributed by atoms with van der Waals surface area (Å²) < 4.78 is 5.36. The van der Waals surface area contributed by atoms with E-state index in [0.717, 1.165) is 0 Å². The minimum absolute atomic E-state index is 0.0609. The number of pyridine rings is 1. The van der Waals surface area contributed by atoms with E-state index in [4.69, 9.17) is 16.2 Å². The topological polar surface area (TPSA) is 157 Å². The average molecular weight is 399 g/mol. The number of nitrogens with two attached hydrogens (primary N) is 2. The molecule has 1 amide bonds. The number of azo groups is 1. The number of aromatic nitrogens is 1. The number of anilines is 2. The molecule has 1 aromatic heterocycles. The second-order valence-corrected chi connectivity index (χ2v) is 6.54. The molecule has 0 aliphatic rings. The molecule has 0 bridgehead atoms. The molecule has 0 aliphatic carbocycles. The first-order valence-electron chi connectivity index (χ1n) is 9.00. The number of hydrogen-bond acceptors (Lipinski definition) is 9. The van der Waals surface area contributed by atoms with Crippen LogP contribution in [0, 0.1) is 5.92 Å². The highest BCUT2D eigenvalue weighted by molar-refractivity contribution is 5.91. The summed E-state index contributed by atoms with van der Waals surface area (Å²) in [7, 11) is 1.66. The first-order chi connectivity index (χ1) is 13.8. The maximum absolute atomic E-state index is 12.1. The highest BCUT2D eigenvalue weighted by atomic mass is 16.5. The monoisotopic (exact) mass is 399 g/mol. The molecule has 0 unspecified atom stereocenters. The van der Waals surface area contributed by atoms with Crippen molar-refractivity contribution in [1.29, 1.82) is 0 Å². The maximum atomic E-state index is 12.1. The lowest BCUT2D eigenvalue weighted by Gasteiger charge is -2.14. The van der Waals surface area contributed by atoms with Crippen LogP contribution < -0.4 is 26.8 Å². The van der Waals surface area contributed by atoms with Crippen molar-refractivity contribution in [2.75, 3.05) is 24.6 Å². The Bertz CT molecular complexity index is 899. The Morgan fingerprint density at radius 1 is 1.14 bits per heavy atom. The molecule has 10 nitrogen and oxygen atoms in total. The molecule has 10 heteroatoms. The first-order valence-corrected chi connectivity index (χ1v) is 9.00. The highest BCUT2D eigenvalue weighted by Gasteiger charge is 2.20. The van der Waals surface area contributed by atoms with E-state index < -0.39 is 12.0 Å². The van der Waals surface area contributed by atoms with Gasteiger partial charge in [-0.25, -0.2) is 9.78 Å². The number of likely N-dealkylation sites (N-methyl/N-ethyl adjacent to an activating group) is 1. The number of ether oxygens (including phenoxy) is 1. The van der Waals surface area contributed by atoms with E-state index in [1.807, 2.05) is 13.8 Å². The Balaban J connectivity index is 2.16. The van der Waals surface area contributed by atoms with Gasteiger partial charge in [0.2, 0.25) is 5.91 Å². The summed E-state index contributed by atoms with van der Waals surface area (Å²) in [5.74, 6) is -0.227. The number of nitrogens with zero attached hydrogens (tertiary/aromatic N) is 3. The van der Waals surface area contributed by atoms with E-state index in [1.54, 1.807) is 43.4 Å². The molecule has 2 aromatic rings. The molecule has 2 rings (SSSR count). The average Bonchev–Trinajstić information content (AvgIpc) is 2.67. The molecule has 0 saturated heterocycles. The zero-order chi connectivity index (χ0) is 21.4. The number of carbonyl (C=O) groups excluding carboxylic acids is 2. The van der Waals surface area contributed by atoms with Crippen molar-refractivity contribution in [2.45, 2.75) is 19.9 Å². The molecule has 1 heterocycles. The number of nitrogen functional groups attached to an aromatic ring is 1. The van der Waals surface area contributed by atoms with Gasteiger partial charge in [0.1, 0.15) is 23.2 Å². The van der Waals surface area contributed by atoms with Crippen LogP contribution in [0.5, 0.6) is 5.75 Å². The summed E-state index contributed by atoms with van der Waals surface area (Å²) in [6, 6.07) is 9.07. The molecule has 0 aliphatic heterocycles. The van der Waals surface area contributed by atoms with Crippen LogP contribution in [-0.4, -0.2) is 36.5 Å². The second-order valence-electron chi connectivity index (χ2n) is 6.54. The van der Waals surface area contributed by atoms with E-state index >= 15 is 0 Å². The van der Waals surface area contributed by atoms with E-state index in [0.29, 0.717) is 17.2 Å². The summed E-state index contributed by atoms with van der Waals surface area (Å²) in [5.41, 5.74) is 12.4. The Morgan fingerprint density at radius 2 is 1.83 bits per heavy atom. The molecule has 0 fully saturated rings. The van der Waals surface area contributed by atoms with E-state index in [2.05, 4.69) is 25.8 Å². The van der Waals surface area contributed by atoms with E-state index in [9.17, 15) is 9.59 Å². The zero-order valence-electron chi connectivity index (χ0n) is 16.5. The number of carbonyl (C=O) groups is 2. The van der Waals surface area contributed by atoms with Crippen molar-refractivity contribution in [3.05, 3.63) is 36.4 Å². The number of hydrogen-bond donors (Lipinski definition) is 4. The number of rotatable bonds is 8. The number of esters is 1. The summed E-state index contributed by atoms with van der Waals surface area (Å²) in [6.07, 6.45) is 0. The maximum Gasteiger partial charge on any atom is 0.328 e. The largest absolute Gasteiger partial charge is 0.423 e. The third-order valence-corrected chi connectivity index (χ3v) is 3.84. The van der Waals surface area contributed by atoms with Crippen molar-refractivity contribution in [1.82, 2.24) is 10.3 Å². The molecule has 154 valence electrons. The number of nitrogens with one attached hydrogen (secondary N) is 2. The normalized spacial score (nSPS) is 12.2. The molecule has 0 saturated carbocycles. The predicted octanol–water partition coefficient (Wildman–Crippen LogP) is 2.13. The van der Waals surface area contributed by atoms with Crippen LogP contribution in [0.3, 0.4) is 0 Å². The quantitative estimate of drug-likeness (QED) is 0.301. The van der Waals surface area contributed by atoms with Crippen LogP contribution >= 0.6 is 0 Å². The van der Waals surface area contributed by atoms with Gasteiger partial charge in [-0.2, -0.15) is 0 Å². The third-order valence-electron chi connectivity index (χ3n) is 3.84. The first kappa shape index (κ1) is 21.9. The van der Waals surface area contributed by atoms with Crippen molar-refractivity contribution in [3.63, 3.8) is 0 Å². The Kier molecular flexibility index (Phi) is 7.75. The van der Waals surface area contributed by atoms with Gasteiger partial charge in [-0.15, -0.1) is 10.2 Å². The van der Waals surface area contributed by atoms with Crippen molar-refractivity contribution in [2.24, 2.45) is 21.9 Å². The summed E-state index contributed by atoms with van der Waals surface area (Å²) in [6.45, 7) is 3.81. The van der Waals surface area contributed by atoms with Crippen LogP contribution in [0.2, 0.25) is 0 Å². The van der Waals surface area contributed by atoms with Gasteiger partial charge in [-0.3, -0.25) is 4.79 Å². The lowest BCUT2D eigenvalue weighted by atomic mass is 10.1. The third kappa shape index (κ3) is 6.33. The van der Waals surface area contributed by atoms with Gasteiger partial charge in [0.15, 0.2) is 11.6 Å². The minimum atomic E-state index is -0.745. The fraction of sp³-hybridized carbons (Fsp3) is 0.316. The molecular weight excluding hydrogens is 374 g/mol. The molecule has 29 heavy (non-hydrogen) atoms. The predicted molar refractivity (Wildman–Crippen MR) is 110 cm³/mol. The fourth-order valence-corrected chi connectivity index (χ4v) is 2.15. The molecule has 1 aromatic carbocycles. The molecule has 0 spiro atoms. The smallest absolute Gasteiger partial charge is 0.328 e. The molecule has 6 N–H and O–H groups in total. The minimum Gasteiger partial charge on any atom is -0.423 e. The molecule has 0 radical (unpaired) electrons. The lowest BCUT2D eigenvalue weighted by molar-refractivity contribution is -0.136. The van der Waals surface area contributed by atoms with Crippen molar-refractivity contribution in [3.8, 4) is 5.75 Å². The Morgan fingerprint density at radius 3 is 2.48 bits per heavy atom. The van der Waals surface area contributed by atoms with Gasteiger partial charge >= 0.3 is 5.97 Å². The van der Waals surface area contributed by atoms with Gasteiger partial charge < -0.3 is 26.8 Å². The van der Waals surface area contributed by atoms with E-state index in [1.165, 1.54) is 0 Å². The van der Waals surface area contributed by atoms with E-state index in [-0.39, 0.29) is 29.9 Å². The van der Waals surface area contributed by atoms with Crippen LogP contribution in [0.1, 0.15) is 13.8 Å². The number of benzene rings is 1. The van der Waals surface area contributed by atoms with Crippen LogP contribution in [0.15, 0.2) is 46.6 Å². The Labute approximate surface area is 168 Å². The zero-order valence-corrected chi connectivity index (χ0v) is 16.5. The molecule has 1 atom stereocenters. The van der Waals surface area contributed by atoms with Crippen LogP contribution in [0.4, 0.5) is 23.0 Å². The van der Waals surface area contributed by atoms with Gasteiger partial charge in [0.05, 0.1) is 6.54 Å². The van der Waals surface area contributed by atoms with Gasteiger partial charge in [-0.05, 0) is 37.2 Å². The van der Waals surface area contributed by atoms with Crippen molar-refractivity contribution < 1.29 is 14.3 Å². The number of amides is 1. The van der Waals surface area contributed by atoms with Gasteiger partial charge in [0, 0.05) is 0 Å². The van der Waals surface area contributed by atoms with Crippen molar-refractivity contribution >= 4 is 34.9 Å². The SMILES string of the molecule is CNCC(=O)Nc1ccc(/N=N/c2ccccc2OC(=O)[C@@H](N)C(C)C)c(N)n1. The van der Waals surface area contributed by atoms with Crippen LogP contribution in [0.25, 0.3) is 0 Å². The second kappa shape index (κ2) is 10.2. The lowest BCUT2D eigenvalue weighted by Crippen LogP contribution is -2.38. The standard InChI is InChI=1S/C19H25N7O3/c1-11(2)17(20)19(28)29-14-7-5-4-6-12(14)25-26-13-8-9-15(24-18(13)21)23-16(27)10-22-3/h4-9,11,17,22H,10,20H2,1-3H3,(H3,21,23,24,27)/b26-25+/t17-/m0/s1. The summed E-state index contributed by atoms with van der Waals surface area (Å²) >= 11 is 0. The number of para-hydroxylation sites is 1. The summed E-state index contributed by atoms with van der Waals surface area (Å²) in [5, 5.41) is 13.5. The highest BCUT2D eigenvalue weighted by Crippen LogP contribution is 2.30. The summed E-state index contributed by atoms with van der Waals surface area (Å²) in [4.78, 5) is 27.8. The Hall–Kier alpha value is -3.37. The molecular formula is C19H25N7O3. The van der Waals surface area contributed by atoms with Gasteiger partial charge in [0.25, 0.3) is 0 Å². The van der Waals surface area contributed by atoms with Crippen LogP contribution in [-0.2, 0) is 9.59 Å². The van der Waals surface area contributed by atoms with Gasteiger partial charge in [-0.1, -0.05) is 26.0 Å². The fourth-order valence-electron chi connectivity index (χ4n) is 2.15.